The molecule has 0 unspecified atom stereocenters. The molecule has 27 heavy (non-hydrogen) atoms. The summed E-state index contributed by atoms with van der Waals surface area (Å²) in [6.07, 6.45) is 5.06. The number of hydrogen-bond donors (Lipinski definition) is 1. The van der Waals surface area contributed by atoms with Gasteiger partial charge >= 0.3 is 5.97 Å². The van der Waals surface area contributed by atoms with E-state index in [-0.39, 0.29) is 11.5 Å². The van der Waals surface area contributed by atoms with Gasteiger partial charge < -0.3 is 10.0 Å². The zero-order chi connectivity index (χ0) is 19.2. The molecule has 1 aliphatic rings. The Balaban J connectivity index is 1.83. The number of carbonyl (C=O) groups is 2. The Labute approximate surface area is 158 Å². The lowest BCUT2D eigenvalue weighted by molar-refractivity contribution is -0.119. The van der Waals surface area contributed by atoms with Gasteiger partial charge in [-0.3, -0.25) is 4.79 Å². The van der Waals surface area contributed by atoms with Crippen LogP contribution in [0.5, 0.6) is 0 Å². The Bertz CT molecular complexity index is 845. The molecule has 138 valence electrons. The van der Waals surface area contributed by atoms with Crippen LogP contribution in [0, 0.1) is 17.2 Å². The Hall–Kier alpha value is -3.13. The number of nitriles is 1. The molecule has 1 fully saturated rings. The van der Waals surface area contributed by atoms with Crippen LogP contribution in [0.1, 0.15) is 53.6 Å². The van der Waals surface area contributed by atoms with E-state index in [2.05, 4.69) is 6.07 Å². The third-order valence-corrected chi connectivity index (χ3v) is 5.09. The minimum Gasteiger partial charge on any atom is -0.478 e. The smallest absolute Gasteiger partial charge is 0.335 e. The lowest BCUT2D eigenvalue weighted by Crippen LogP contribution is -2.31. The molecular weight excluding hydrogens is 340 g/mol. The van der Waals surface area contributed by atoms with E-state index in [0.29, 0.717) is 30.1 Å². The predicted octanol–water partition coefficient (Wildman–Crippen LogP) is 4.37. The highest BCUT2D eigenvalue weighted by atomic mass is 16.4. The zero-order valence-corrected chi connectivity index (χ0v) is 15.1. The third-order valence-electron chi connectivity index (χ3n) is 5.09. The number of carbonyl (C=O) groups excluding carboxylic acids is 1. The summed E-state index contributed by atoms with van der Waals surface area (Å²) in [6.45, 7) is 0.393. The molecule has 1 N–H and O–H groups in total. The molecule has 1 aliphatic carbocycles. The van der Waals surface area contributed by atoms with Gasteiger partial charge in [-0.05, 0) is 60.7 Å². The van der Waals surface area contributed by atoms with Crippen molar-refractivity contribution in [3.8, 4) is 6.07 Å². The number of carboxylic acids is 1. The molecule has 0 aliphatic heterocycles. The van der Waals surface area contributed by atoms with Crippen molar-refractivity contribution in [1.82, 2.24) is 0 Å². The zero-order valence-electron chi connectivity index (χ0n) is 15.1. The molecule has 0 saturated heterocycles. The molecule has 0 aromatic heterocycles. The molecule has 0 bridgehead atoms. The molecule has 1 saturated carbocycles. The van der Waals surface area contributed by atoms with Gasteiger partial charge in [0.1, 0.15) is 0 Å². The second-order valence-electron chi connectivity index (χ2n) is 7.00. The summed E-state index contributed by atoms with van der Waals surface area (Å²) >= 11 is 0. The first kappa shape index (κ1) is 18.7. The van der Waals surface area contributed by atoms with Crippen LogP contribution in [-0.4, -0.2) is 17.0 Å². The summed E-state index contributed by atoms with van der Waals surface area (Å²) in [5.41, 5.74) is 2.39. The number of amides is 1. The molecule has 0 heterocycles. The van der Waals surface area contributed by atoms with Crippen LogP contribution in [0.4, 0.5) is 5.69 Å². The summed E-state index contributed by atoms with van der Waals surface area (Å²) in [7, 11) is 0. The predicted molar refractivity (Wildman–Crippen MR) is 102 cm³/mol. The van der Waals surface area contributed by atoms with E-state index in [4.69, 9.17) is 10.4 Å². The Morgan fingerprint density at radius 2 is 1.67 bits per heavy atom. The Kier molecular flexibility index (Phi) is 5.87. The molecule has 0 radical (unpaired) electrons. The maximum absolute atomic E-state index is 13.0. The first-order chi connectivity index (χ1) is 13.1. The van der Waals surface area contributed by atoms with Crippen molar-refractivity contribution < 1.29 is 14.7 Å². The molecule has 5 heteroatoms. The van der Waals surface area contributed by atoms with E-state index >= 15 is 0 Å². The van der Waals surface area contributed by atoms with Crippen molar-refractivity contribution in [2.75, 3.05) is 4.90 Å². The molecule has 5 nitrogen and oxygen atoms in total. The van der Waals surface area contributed by atoms with E-state index in [1.54, 1.807) is 29.2 Å². The lowest BCUT2D eigenvalue weighted by atomic mass is 10.0. The first-order valence-electron chi connectivity index (χ1n) is 9.19. The minimum absolute atomic E-state index is 0.0503. The summed E-state index contributed by atoms with van der Waals surface area (Å²) < 4.78 is 0. The van der Waals surface area contributed by atoms with Gasteiger partial charge in [-0.1, -0.05) is 25.0 Å². The summed E-state index contributed by atoms with van der Waals surface area (Å²) in [6, 6.07) is 15.7. The van der Waals surface area contributed by atoms with Crippen LogP contribution in [0.2, 0.25) is 0 Å². The normalized spacial score (nSPS) is 13.9. The SMILES string of the molecule is N#Cc1ccc(CN(C(=O)CC2CCCC2)c2ccc(C(=O)O)cc2)cc1. The van der Waals surface area contributed by atoms with Crippen LogP contribution in [0.15, 0.2) is 48.5 Å². The molecule has 2 aromatic rings. The van der Waals surface area contributed by atoms with Crippen molar-refractivity contribution in [2.45, 2.75) is 38.6 Å². The van der Waals surface area contributed by atoms with Crippen molar-refractivity contribution >= 4 is 17.6 Å². The van der Waals surface area contributed by atoms with Gasteiger partial charge in [0.15, 0.2) is 0 Å². The number of aromatic carboxylic acids is 1. The topological polar surface area (TPSA) is 81.4 Å². The molecule has 3 rings (SSSR count). The highest BCUT2D eigenvalue weighted by Crippen LogP contribution is 2.29. The average molecular weight is 362 g/mol. The van der Waals surface area contributed by atoms with Gasteiger partial charge in [0.05, 0.1) is 23.7 Å². The number of anilines is 1. The Morgan fingerprint density at radius 3 is 2.22 bits per heavy atom. The fourth-order valence-corrected chi connectivity index (χ4v) is 3.55. The summed E-state index contributed by atoms with van der Waals surface area (Å²) in [5, 5.41) is 18.0. The number of hydrogen-bond acceptors (Lipinski definition) is 3. The minimum atomic E-state index is -0.988. The van der Waals surface area contributed by atoms with Gasteiger partial charge in [0.25, 0.3) is 0 Å². The van der Waals surface area contributed by atoms with Crippen LogP contribution in [0.3, 0.4) is 0 Å². The van der Waals surface area contributed by atoms with E-state index in [1.165, 1.54) is 25.0 Å². The standard InChI is InChI=1S/C22H22N2O3/c23-14-17-5-7-18(8-6-17)15-24(21(25)13-16-3-1-2-4-16)20-11-9-19(10-12-20)22(26)27/h5-12,16H,1-4,13,15H2,(H,26,27). The van der Waals surface area contributed by atoms with Crippen LogP contribution in [-0.2, 0) is 11.3 Å². The number of benzene rings is 2. The fourth-order valence-electron chi connectivity index (χ4n) is 3.55. The monoisotopic (exact) mass is 362 g/mol. The van der Waals surface area contributed by atoms with E-state index in [9.17, 15) is 9.59 Å². The summed E-state index contributed by atoms with van der Waals surface area (Å²) in [5.74, 6) is -0.508. The molecular formula is C22H22N2O3. The largest absolute Gasteiger partial charge is 0.478 e. The number of nitrogens with zero attached hydrogens (tertiary/aromatic N) is 2. The highest BCUT2D eigenvalue weighted by Gasteiger charge is 2.23. The number of carboxylic acid groups (broad SMARTS) is 1. The van der Waals surface area contributed by atoms with Gasteiger partial charge in [0, 0.05) is 12.1 Å². The second-order valence-corrected chi connectivity index (χ2v) is 7.00. The third kappa shape index (κ3) is 4.73. The average Bonchev–Trinajstić information content (AvgIpc) is 3.19. The van der Waals surface area contributed by atoms with Crippen LogP contribution in [0.25, 0.3) is 0 Å². The van der Waals surface area contributed by atoms with E-state index < -0.39 is 5.97 Å². The van der Waals surface area contributed by atoms with Gasteiger partial charge in [-0.2, -0.15) is 5.26 Å². The second kappa shape index (κ2) is 8.50. The molecule has 0 spiro atoms. The van der Waals surface area contributed by atoms with E-state index in [0.717, 1.165) is 18.4 Å². The number of rotatable bonds is 6. The van der Waals surface area contributed by atoms with Crippen molar-refractivity contribution in [1.29, 1.82) is 5.26 Å². The van der Waals surface area contributed by atoms with Crippen molar-refractivity contribution in [3.63, 3.8) is 0 Å². The highest BCUT2D eigenvalue weighted by molar-refractivity contribution is 5.94. The molecule has 1 amide bonds. The van der Waals surface area contributed by atoms with Crippen molar-refractivity contribution in [2.24, 2.45) is 5.92 Å². The quantitative estimate of drug-likeness (QED) is 0.827. The van der Waals surface area contributed by atoms with Gasteiger partial charge in [0.2, 0.25) is 5.91 Å². The molecule has 0 atom stereocenters. The Morgan fingerprint density at radius 1 is 1.04 bits per heavy atom. The van der Waals surface area contributed by atoms with Gasteiger partial charge in [-0.25, -0.2) is 4.79 Å². The maximum atomic E-state index is 13.0. The lowest BCUT2D eigenvalue weighted by Gasteiger charge is -2.25. The van der Waals surface area contributed by atoms with E-state index in [1.807, 2.05) is 12.1 Å². The first-order valence-corrected chi connectivity index (χ1v) is 9.19. The maximum Gasteiger partial charge on any atom is 0.335 e. The van der Waals surface area contributed by atoms with Gasteiger partial charge in [-0.15, -0.1) is 0 Å². The van der Waals surface area contributed by atoms with Crippen molar-refractivity contribution in [3.05, 3.63) is 65.2 Å². The van der Waals surface area contributed by atoms with Crippen LogP contribution < -0.4 is 4.90 Å². The fraction of sp³-hybridized carbons (Fsp3) is 0.318. The van der Waals surface area contributed by atoms with Crippen LogP contribution >= 0.6 is 0 Å². The summed E-state index contributed by atoms with van der Waals surface area (Å²) in [4.78, 5) is 25.8. The molecule has 2 aromatic carbocycles.